The van der Waals surface area contributed by atoms with Crippen LogP contribution >= 0.6 is 11.3 Å². The van der Waals surface area contributed by atoms with Gasteiger partial charge in [0, 0.05) is 22.2 Å². The molecule has 0 amide bonds. The molecule has 0 saturated heterocycles. The molecule has 2 aromatic carbocycles. The summed E-state index contributed by atoms with van der Waals surface area (Å²) in [5.41, 5.74) is 2.18. The lowest BCUT2D eigenvalue weighted by Gasteiger charge is -2.07. The lowest BCUT2D eigenvalue weighted by Crippen LogP contribution is -2.14. The molecule has 0 aliphatic heterocycles. The van der Waals surface area contributed by atoms with Crippen LogP contribution in [0.15, 0.2) is 60.5 Å². The van der Waals surface area contributed by atoms with E-state index in [2.05, 4.69) is 29.4 Å². The topological polar surface area (TPSA) is 21.3 Å². The zero-order valence-electron chi connectivity index (χ0n) is 14.8. The van der Waals surface area contributed by atoms with Crippen LogP contribution in [0.25, 0.3) is 21.2 Å². The first kappa shape index (κ1) is 18.6. The van der Waals surface area contributed by atoms with Gasteiger partial charge in [0.05, 0.1) is 6.61 Å². The Kier molecular flexibility index (Phi) is 6.81. The van der Waals surface area contributed by atoms with Gasteiger partial charge in [-0.3, -0.25) is 0 Å². The van der Waals surface area contributed by atoms with Gasteiger partial charge >= 0.3 is 0 Å². The number of nitrogens with one attached hydrogen (secondary N) is 1. The number of rotatable bonds is 10. The largest absolute Gasteiger partial charge is 0.494 e. The summed E-state index contributed by atoms with van der Waals surface area (Å²) in [6, 6.07) is 12.9. The highest BCUT2D eigenvalue weighted by atomic mass is 32.1. The van der Waals surface area contributed by atoms with E-state index in [1.165, 1.54) is 22.2 Å². The molecule has 3 aromatic rings. The predicted octanol–water partition coefficient (Wildman–Crippen LogP) is 6.03. The van der Waals surface area contributed by atoms with E-state index < -0.39 is 0 Å². The molecule has 0 unspecified atom stereocenters. The highest BCUT2D eigenvalue weighted by Crippen LogP contribution is 2.36. The van der Waals surface area contributed by atoms with Crippen molar-refractivity contribution in [3.8, 4) is 16.9 Å². The Bertz CT molecular complexity index is 841. The average Bonchev–Trinajstić information content (AvgIpc) is 3.08. The molecule has 4 heteroatoms. The Balaban J connectivity index is 1.54. The molecule has 26 heavy (non-hydrogen) atoms. The third-order valence-corrected chi connectivity index (χ3v) is 5.20. The fourth-order valence-corrected chi connectivity index (χ4v) is 3.87. The molecule has 0 fully saturated rings. The Labute approximate surface area is 158 Å². The van der Waals surface area contributed by atoms with Crippen LogP contribution in [0.4, 0.5) is 4.39 Å². The summed E-state index contributed by atoms with van der Waals surface area (Å²) in [5, 5.41) is 6.61. The van der Waals surface area contributed by atoms with Gasteiger partial charge in [0.2, 0.25) is 0 Å². The maximum atomic E-state index is 13.1. The van der Waals surface area contributed by atoms with Gasteiger partial charge in [-0.05, 0) is 67.1 Å². The maximum Gasteiger partial charge on any atom is 0.123 e. The van der Waals surface area contributed by atoms with Crippen molar-refractivity contribution < 1.29 is 9.13 Å². The first-order valence-corrected chi connectivity index (χ1v) is 9.87. The van der Waals surface area contributed by atoms with Crippen molar-refractivity contribution >= 4 is 21.4 Å². The molecule has 136 valence electrons. The first-order chi connectivity index (χ1) is 12.8. The molecule has 0 aliphatic rings. The van der Waals surface area contributed by atoms with Crippen molar-refractivity contribution in [1.29, 1.82) is 0 Å². The minimum atomic E-state index is -0.208. The zero-order chi connectivity index (χ0) is 18.2. The Morgan fingerprint density at radius 2 is 1.92 bits per heavy atom. The molecule has 1 N–H and O–H groups in total. The Morgan fingerprint density at radius 1 is 1.08 bits per heavy atom. The third-order valence-electron chi connectivity index (χ3n) is 4.26. The van der Waals surface area contributed by atoms with Crippen LogP contribution in [0.5, 0.6) is 5.75 Å². The minimum absolute atomic E-state index is 0.208. The van der Waals surface area contributed by atoms with E-state index >= 15 is 0 Å². The van der Waals surface area contributed by atoms with E-state index in [1.54, 1.807) is 11.3 Å². The van der Waals surface area contributed by atoms with E-state index in [0.717, 1.165) is 55.8 Å². The predicted molar refractivity (Wildman–Crippen MR) is 110 cm³/mol. The SMILES string of the molecule is C=CCNCCCCCOc1ccc2c(-c3ccc(F)cc3)csc2c1. The van der Waals surface area contributed by atoms with Crippen LogP contribution in [0, 0.1) is 5.82 Å². The molecule has 0 bridgehead atoms. The minimum Gasteiger partial charge on any atom is -0.494 e. The smallest absolute Gasteiger partial charge is 0.123 e. The quantitative estimate of drug-likeness (QED) is 0.348. The highest BCUT2D eigenvalue weighted by Gasteiger charge is 2.08. The summed E-state index contributed by atoms with van der Waals surface area (Å²) in [4.78, 5) is 0. The second kappa shape index (κ2) is 9.51. The van der Waals surface area contributed by atoms with E-state index in [4.69, 9.17) is 4.74 Å². The van der Waals surface area contributed by atoms with Crippen LogP contribution in [0.1, 0.15) is 19.3 Å². The second-order valence-corrected chi connectivity index (χ2v) is 7.13. The molecule has 0 atom stereocenters. The van der Waals surface area contributed by atoms with Gasteiger partial charge in [0.1, 0.15) is 11.6 Å². The molecule has 1 aromatic heterocycles. The van der Waals surface area contributed by atoms with E-state index in [-0.39, 0.29) is 5.82 Å². The van der Waals surface area contributed by atoms with Gasteiger partial charge in [0.15, 0.2) is 0 Å². The third kappa shape index (κ3) is 4.93. The molecule has 0 saturated carbocycles. The van der Waals surface area contributed by atoms with Crippen molar-refractivity contribution in [1.82, 2.24) is 5.32 Å². The fraction of sp³-hybridized carbons (Fsp3) is 0.273. The van der Waals surface area contributed by atoms with Crippen LogP contribution in [0.3, 0.4) is 0 Å². The molecular formula is C22H24FNOS. The first-order valence-electron chi connectivity index (χ1n) is 8.99. The van der Waals surface area contributed by atoms with Crippen molar-refractivity contribution in [3.63, 3.8) is 0 Å². The van der Waals surface area contributed by atoms with Gasteiger partial charge < -0.3 is 10.1 Å². The molecule has 1 heterocycles. The number of benzene rings is 2. The Morgan fingerprint density at radius 3 is 2.73 bits per heavy atom. The molecular weight excluding hydrogens is 345 g/mol. The summed E-state index contributed by atoms with van der Waals surface area (Å²) >= 11 is 1.69. The number of ether oxygens (including phenoxy) is 1. The highest BCUT2D eigenvalue weighted by molar-refractivity contribution is 7.17. The molecule has 0 radical (unpaired) electrons. The van der Waals surface area contributed by atoms with Crippen molar-refractivity contribution in [2.45, 2.75) is 19.3 Å². The summed E-state index contributed by atoms with van der Waals surface area (Å²) in [7, 11) is 0. The molecule has 3 rings (SSSR count). The van der Waals surface area contributed by atoms with Gasteiger partial charge in [-0.15, -0.1) is 17.9 Å². The van der Waals surface area contributed by atoms with Gasteiger partial charge in [0.25, 0.3) is 0 Å². The average molecular weight is 370 g/mol. The van der Waals surface area contributed by atoms with E-state index in [9.17, 15) is 4.39 Å². The summed E-state index contributed by atoms with van der Waals surface area (Å²) in [5.74, 6) is 0.704. The zero-order valence-corrected chi connectivity index (χ0v) is 15.7. The molecule has 0 spiro atoms. The number of thiophene rings is 1. The van der Waals surface area contributed by atoms with Crippen LogP contribution in [-0.4, -0.2) is 19.7 Å². The normalized spacial score (nSPS) is 11.0. The summed E-state index contributed by atoms with van der Waals surface area (Å²) in [6.45, 7) is 6.33. The van der Waals surface area contributed by atoms with E-state index in [1.807, 2.05) is 24.3 Å². The van der Waals surface area contributed by atoms with Crippen LogP contribution in [0.2, 0.25) is 0 Å². The molecule has 0 aliphatic carbocycles. The number of unbranched alkanes of at least 4 members (excludes halogenated alkanes) is 2. The van der Waals surface area contributed by atoms with Crippen LogP contribution in [-0.2, 0) is 0 Å². The monoisotopic (exact) mass is 369 g/mol. The number of hydrogen-bond acceptors (Lipinski definition) is 3. The lowest BCUT2D eigenvalue weighted by molar-refractivity contribution is 0.305. The lowest BCUT2D eigenvalue weighted by atomic mass is 10.0. The number of halogens is 1. The fourth-order valence-electron chi connectivity index (χ4n) is 2.87. The van der Waals surface area contributed by atoms with Crippen molar-refractivity contribution in [2.75, 3.05) is 19.7 Å². The summed E-state index contributed by atoms with van der Waals surface area (Å²) < 4.78 is 20.2. The second-order valence-electron chi connectivity index (χ2n) is 6.22. The van der Waals surface area contributed by atoms with Crippen LogP contribution < -0.4 is 10.1 Å². The van der Waals surface area contributed by atoms with E-state index in [0.29, 0.717) is 0 Å². The van der Waals surface area contributed by atoms with Crippen molar-refractivity contribution in [2.24, 2.45) is 0 Å². The van der Waals surface area contributed by atoms with Crippen molar-refractivity contribution in [3.05, 3.63) is 66.3 Å². The summed E-state index contributed by atoms with van der Waals surface area (Å²) in [6.07, 6.45) is 5.24. The number of hydrogen-bond donors (Lipinski definition) is 1. The number of fused-ring (bicyclic) bond motifs is 1. The molecule has 2 nitrogen and oxygen atoms in total. The Hall–Kier alpha value is -2.17. The maximum absolute atomic E-state index is 13.1. The van der Waals surface area contributed by atoms with Gasteiger partial charge in [-0.2, -0.15) is 0 Å². The standard InChI is InChI=1S/C22H24FNOS/c1-2-12-24-13-4-3-5-14-25-19-10-11-20-21(16-26-22(20)15-19)17-6-8-18(23)9-7-17/h2,6-11,15-16,24H,1,3-5,12-14H2. The van der Waals surface area contributed by atoms with Gasteiger partial charge in [-0.1, -0.05) is 18.2 Å². The van der Waals surface area contributed by atoms with Gasteiger partial charge in [-0.25, -0.2) is 4.39 Å².